The van der Waals surface area contributed by atoms with Gasteiger partial charge >= 0.3 is 0 Å². The van der Waals surface area contributed by atoms with E-state index in [0.29, 0.717) is 0 Å². The van der Waals surface area contributed by atoms with Gasteiger partial charge in [0.05, 0.1) is 17.1 Å². The van der Waals surface area contributed by atoms with Crippen LogP contribution in [0.5, 0.6) is 0 Å². The number of pyridine rings is 1. The number of terminal acetylenes is 1. The van der Waals surface area contributed by atoms with Crippen LogP contribution < -0.4 is 0 Å². The van der Waals surface area contributed by atoms with E-state index in [1.807, 2.05) is 13.0 Å². The first-order chi connectivity index (χ1) is 13.2. The Kier molecular flexibility index (Phi) is 5.33. The van der Waals surface area contributed by atoms with E-state index >= 15 is 0 Å². The molecule has 4 aromatic rings. The quantitative estimate of drug-likeness (QED) is 0.492. The molecule has 4 rings (SSSR count). The molecule has 0 radical (unpaired) electrons. The second kappa shape index (κ2) is 7.84. The molecular formula is C23H22N4. The number of rotatable bonds is 3. The molecule has 3 aromatic heterocycles. The molecule has 0 fully saturated rings. The van der Waals surface area contributed by atoms with Crippen LogP contribution in [0, 0.1) is 26.7 Å². The predicted molar refractivity (Wildman–Crippen MR) is 110 cm³/mol. The first-order valence-corrected chi connectivity index (χ1v) is 8.87. The summed E-state index contributed by atoms with van der Waals surface area (Å²) >= 11 is 0. The lowest BCUT2D eigenvalue weighted by Gasteiger charge is -2.06. The van der Waals surface area contributed by atoms with Crippen LogP contribution in [0.4, 0.5) is 0 Å². The molecule has 3 heterocycles. The number of hydrogen-bond donors (Lipinski definition) is 0. The molecular weight excluding hydrogens is 332 g/mol. The van der Waals surface area contributed by atoms with Gasteiger partial charge in [-0.3, -0.25) is 4.40 Å². The van der Waals surface area contributed by atoms with Crippen LogP contribution in [0.15, 0.2) is 54.9 Å². The number of imidazole rings is 1. The Morgan fingerprint density at radius 1 is 0.963 bits per heavy atom. The SMILES string of the molecule is C#C.CCc1ccn2c(-c3ccnc(C)n3)c(-c3ccc(C)cc3)nc2c1. The van der Waals surface area contributed by atoms with E-state index in [-0.39, 0.29) is 0 Å². The summed E-state index contributed by atoms with van der Waals surface area (Å²) in [6, 6.07) is 14.7. The van der Waals surface area contributed by atoms with Crippen molar-refractivity contribution in [2.75, 3.05) is 0 Å². The van der Waals surface area contributed by atoms with Crippen molar-refractivity contribution in [3.63, 3.8) is 0 Å². The highest BCUT2D eigenvalue weighted by molar-refractivity contribution is 5.80. The summed E-state index contributed by atoms with van der Waals surface area (Å²) in [4.78, 5) is 13.8. The van der Waals surface area contributed by atoms with Gasteiger partial charge in [0.1, 0.15) is 11.5 Å². The molecule has 0 amide bonds. The monoisotopic (exact) mass is 354 g/mol. The summed E-state index contributed by atoms with van der Waals surface area (Å²) in [5.41, 5.74) is 7.40. The van der Waals surface area contributed by atoms with Gasteiger partial charge in [0.15, 0.2) is 0 Å². The largest absolute Gasteiger partial charge is 0.298 e. The smallest absolute Gasteiger partial charge is 0.138 e. The summed E-state index contributed by atoms with van der Waals surface area (Å²) in [6.07, 6.45) is 12.9. The number of aryl methyl sites for hydroxylation is 3. The second-order valence-corrected chi connectivity index (χ2v) is 6.28. The topological polar surface area (TPSA) is 43.1 Å². The van der Waals surface area contributed by atoms with Crippen molar-refractivity contribution in [2.24, 2.45) is 0 Å². The minimum atomic E-state index is 0.757. The van der Waals surface area contributed by atoms with Crippen LogP contribution in [0.25, 0.3) is 28.3 Å². The number of nitrogens with zero attached hydrogens (tertiary/aromatic N) is 4. The molecule has 0 saturated heterocycles. The highest BCUT2D eigenvalue weighted by Crippen LogP contribution is 2.32. The average molecular weight is 354 g/mol. The highest BCUT2D eigenvalue weighted by atomic mass is 15.0. The number of aromatic nitrogens is 4. The summed E-state index contributed by atoms with van der Waals surface area (Å²) in [5, 5.41) is 0. The van der Waals surface area contributed by atoms with Crippen LogP contribution in [-0.4, -0.2) is 19.4 Å². The Hall–Kier alpha value is -3.45. The van der Waals surface area contributed by atoms with Crippen molar-refractivity contribution in [1.82, 2.24) is 19.4 Å². The molecule has 0 atom stereocenters. The Morgan fingerprint density at radius 2 is 1.70 bits per heavy atom. The fourth-order valence-electron chi connectivity index (χ4n) is 3.05. The van der Waals surface area contributed by atoms with Gasteiger partial charge in [-0.2, -0.15) is 0 Å². The molecule has 0 bridgehead atoms. The molecule has 0 aliphatic carbocycles. The first kappa shape index (κ1) is 18.3. The van der Waals surface area contributed by atoms with Crippen molar-refractivity contribution in [3.05, 3.63) is 71.8 Å². The average Bonchev–Trinajstić information content (AvgIpc) is 3.08. The maximum absolute atomic E-state index is 4.93. The van der Waals surface area contributed by atoms with E-state index in [2.05, 4.69) is 83.7 Å². The molecule has 4 heteroatoms. The molecule has 4 nitrogen and oxygen atoms in total. The van der Waals surface area contributed by atoms with E-state index in [0.717, 1.165) is 40.5 Å². The van der Waals surface area contributed by atoms with Crippen molar-refractivity contribution < 1.29 is 0 Å². The fraction of sp³-hybridized carbons (Fsp3) is 0.174. The normalized spacial score (nSPS) is 10.4. The van der Waals surface area contributed by atoms with E-state index in [4.69, 9.17) is 4.98 Å². The van der Waals surface area contributed by atoms with Gasteiger partial charge in [-0.25, -0.2) is 15.0 Å². The summed E-state index contributed by atoms with van der Waals surface area (Å²) in [7, 11) is 0. The van der Waals surface area contributed by atoms with E-state index in [1.165, 1.54) is 11.1 Å². The van der Waals surface area contributed by atoms with E-state index in [9.17, 15) is 0 Å². The lowest BCUT2D eigenvalue weighted by Crippen LogP contribution is -1.95. The van der Waals surface area contributed by atoms with Gasteiger partial charge in [0.2, 0.25) is 0 Å². The standard InChI is InChI=1S/C21H20N4.C2H2/c1-4-16-10-12-25-19(13-16)24-20(17-7-5-14(2)6-8-17)21(25)18-9-11-22-15(3)23-18;1-2/h5-13H,4H2,1-3H3;1-2H. The highest BCUT2D eigenvalue weighted by Gasteiger charge is 2.17. The lowest BCUT2D eigenvalue weighted by molar-refractivity contribution is 1.04. The zero-order valence-electron chi connectivity index (χ0n) is 15.8. The Bertz CT molecular complexity index is 1090. The number of fused-ring (bicyclic) bond motifs is 1. The van der Waals surface area contributed by atoms with Gasteiger partial charge < -0.3 is 0 Å². The fourth-order valence-corrected chi connectivity index (χ4v) is 3.05. The van der Waals surface area contributed by atoms with Crippen molar-refractivity contribution in [2.45, 2.75) is 27.2 Å². The van der Waals surface area contributed by atoms with E-state index < -0.39 is 0 Å². The molecule has 27 heavy (non-hydrogen) atoms. The third kappa shape index (κ3) is 3.58. The molecule has 0 aliphatic rings. The molecule has 0 spiro atoms. The first-order valence-electron chi connectivity index (χ1n) is 8.87. The van der Waals surface area contributed by atoms with Crippen molar-refractivity contribution in [1.29, 1.82) is 0 Å². The Morgan fingerprint density at radius 3 is 2.37 bits per heavy atom. The van der Waals surface area contributed by atoms with Gasteiger partial charge in [-0.15, -0.1) is 12.8 Å². The Labute approximate surface area is 160 Å². The number of hydrogen-bond acceptors (Lipinski definition) is 3. The van der Waals surface area contributed by atoms with Crippen LogP contribution >= 0.6 is 0 Å². The summed E-state index contributed by atoms with van der Waals surface area (Å²) in [6.45, 7) is 6.16. The van der Waals surface area contributed by atoms with Crippen molar-refractivity contribution in [3.8, 4) is 35.5 Å². The van der Waals surface area contributed by atoms with Gasteiger partial charge in [0.25, 0.3) is 0 Å². The molecule has 0 aliphatic heterocycles. The molecule has 0 N–H and O–H groups in total. The zero-order valence-corrected chi connectivity index (χ0v) is 15.8. The minimum Gasteiger partial charge on any atom is -0.298 e. The van der Waals surface area contributed by atoms with Crippen LogP contribution in [0.2, 0.25) is 0 Å². The minimum absolute atomic E-state index is 0.757. The maximum Gasteiger partial charge on any atom is 0.138 e. The molecule has 0 saturated carbocycles. The molecule has 134 valence electrons. The number of benzene rings is 1. The van der Waals surface area contributed by atoms with Crippen LogP contribution in [-0.2, 0) is 6.42 Å². The maximum atomic E-state index is 4.93. The van der Waals surface area contributed by atoms with Gasteiger partial charge in [-0.1, -0.05) is 36.8 Å². The summed E-state index contributed by atoms with van der Waals surface area (Å²) < 4.78 is 2.12. The van der Waals surface area contributed by atoms with Crippen LogP contribution in [0.1, 0.15) is 23.9 Å². The third-order valence-corrected chi connectivity index (χ3v) is 4.44. The van der Waals surface area contributed by atoms with E-state index in [1.54, 1.807) is 6.20 Å². The predicted octanol–water partition coefficient (Wildman–Crippen LogP) is 4.89. The third-order valence-electron chi connectivity index (χ3n) is 4.44. The van der Waals surface area contributed by atoms with Gasteiger partial charge in [-0.05, 0) is 44.0 Å². The lowest BCUT2D eigenvalue weighted by atomic mass is 10.1. The second-order valence-electron chi connectivity index (χ2n) is 6.28. The Balaban J connectivity index is 0.00000102. The molecule has 0 unspecified atom stereocenters. The van der Waals surface area contributed by atoms with Gasteiger partial charge in [0, 0.05) is 18.0 Å². The zero-order chi connectivity index (χ0) is 19.4. The molecule has 1 aromatic carbocycles. The summed E-state index contributed by atoms with van der Waals surface area (Å²) in [5.74, 6) is 0.757. The van der Waals surface area contributed by atoms with Crippen LogP contribution in [0.3, 0.4) is 0 Å². The van der Waals surface area contributed by atoms with Crippen molar-refractivity contribution >= 4 is 5.65 Å².